The molecule has 2 N–H and O–H groups in total. The Hall–Kier alpha value is -1.95. The number of hydrogen-bond donors (Lipinski definition) is 1. The van der Waals surface area contributed by atoms with Gasteiger partial charge in [0.25, 0.3) is 5.91 Å². The van der Waals surface area contributed by atoms with E-state index >= 15 is 0 Å². The van der Waals surface area contributed by atoms with Gasteiger partial charge >= 0.3 is 0 Å². The van der Waals surface area contributed by atoms with E-state index in [0.717, 1.165) is 10.6 Å². The smallest absolute Gasteiger partial charge is 0.261 e. The fraction of sp³-hybridized carbons (Fsp3) is 0.300. The van der Waals surface area contributed by atoms with E-state index in [4.69, 9.17) is 10.6 Å². The molecule has 2 heterocycles. The van der Waals surface area contributed by atoms with Crippen molar-refractivity contribution in [1.29, 1.82) is 0 Å². The second-order valence-corrected chi connectivity index (χ2v) is 3.49. The molecule has 0 saturated carbocycles. The van der Waals surface area contributed by atoms with Crippen LogP contribution >= 0.6 is 0 Å². The summed E-state index contributed by atoms with van der Waals surface area (Å²) in [6, 6.07) is 3.59. The number of nitrogens with two attached hydrogens (primary N) is 1. The maximum Gasteiger partial charge on any atom is 0.261 e. The summed E-state index contributed by atoms with van der Waals surface area (Å²) in [5.74, 6) is -1.91. The molecule has 16 heavy (non-hydrogen) atoms. The topological polar surface area (TPSA) is 85.5 Å². The van der Waals surface area contributed by atoms with Gasteiger partial charge in [0.1, 0.15) is 5.92 Å². The van der Waals surface area contributed by atoms with Gasteiger partial charge < -0.3 is 5.73 Å². The first-order chi connectivity index (χ1) is 7.68. The molecule has 2 amide bonds. The lowest BCUT2D eigenvalue weighted by atomic mass is 10.1. The Morgan fingerprint density at radius 2 is 2.50 bits per heavy atom. The van der Waals surface area contributed by atoms with Crippen LogP contribution in [0, 0.1) is 5.92 Å². The van der Waals surface area contributed by atoms with Gasteiger partial charge in [0, 0.05) is 12.4 Å². The zero-order valence-electron chi connectivity index (χ0n) is 8.50. The first kappa shape index (κ1) is 10.6. The van der Waals surface area contributed by atoms with E-state index in [1.165, 1.54) is 0 Å². The van der Waals surface area contributed by atoms with Gasteiger partial charge in [0.2, 0.25) is 5.91 Å². The van der Waals surface area contributed by atoms with Crippen LogP contribution in [0.2, 0.25) is 0 Å². The number of amides is 2. The van der Waals surface area contributed by atoms with Gasteiger partial charge in [-0.3, -0.25) is 19.4 Å². The molecule has 1 aromatic rings. The fourth-order valence-electron chi connectivity index (χ4n) is 1.46. The van der Waals surface area contributed by atoms with Gasteiger partial charge in [0.05, 0.1) is 13.2 Å². The lowest BCUT2D eigenvalue weighted by Crippen LogP contribution is -2.33. The standard InChI is InChI=1S/C10H11N3O3/c11-9(14)8-6-16-13(10(8)15)5-7-2-1-3-12-4-7/h1-4,8H,5-6H2,(H2,11,14)/t8-/m1/s1. The van der Waals surface area contributed by atoms with E-state index in [1.807, 2.05) is 6.07 Å². The Morgan fingerprint density at radius 3 is 3.06 bits per heavy atom. The zero-order valence-corrected chi connectivity index (χ0v) is 8.50. The number of rotatable bonds is 3. The Balaban J connectivity index is 2.03. The summed E-state index contributed by atoms with van der Waals surface area (Å²) in [7, 11) is 0. The molecule has 1 atom stereocenters. The zero-order chi connectivity index (χ0) is 11.5. The molecule has 1 fully saturated rings. The third-order valence-electron chi connectivity index (χ3n) is 2.33. The molecule has 1 aliphatic rings. The second kappa shape index (κ2) is 4.28. The Bertz CT molecular complexity index is 407. The van der Waals surface area contributed by atoms with Gasteiger partial charge in [-0.2, -0.15) is 0 Å². The van der Waals surface area contributed by atoms with Crippen molar-refractivity contribution in [2.24, 2.45) is 11.7 Å². The minimum Gasteiger partial charge on any atom is -0.369 e. The van der Waals surface area contributed by atoms with Gasteiger partial charge in [0.15, 0.2) is 0 Å². The molecule has 0 bridgehead atoms. The highest BCUT2D eigenvalue weighted by Crippen LogP contribution is 2.16. The highest BCUT2D eigenvalue weighted by molar-refractivity contribution is 6.00. The average Bonchev–Trinajstić information content (AvgIpc) is 2.62. The maximum absolute atomic E-state index is 11.6. The summed E-state index contributed by atoms with van der Waals surface area (Å²) in [6.07, 6.45) is 3.27. The molecule has 0 aliphatic carbocycles. The van der Waals surface area contributed by atoms with Gasteiger partial charge in [-0.1, -0.05) is 6.07 Å². The first-order valence-electron chi connectivity index (χ1n) is 4.81. The van der Waals surface area contributed by atoms with Gasteiger partial charge in [-0.15, -0.1) is 0 Å². The summed E-state index contributed by atoms with van der Waals surface area (Å²) in [5.41, 5.74) is 5.90. The Morgan fingerprint density at radius 1 is 1.69 bits per heavy atom. The first-order valence-corrected chi connectivity index (χ1v) is 4.81. The van der Waals surface area contributed by atoms with Crippen LogP contribution in [0.25, 0.3) is 0 Å². The minimum absolute atomic E-state index is 0.0223. The number of hydrogen-bond acceptors (Lipinski definition) is 4. The molecular formula is C10H11N3O3. The van der Waals surface area contributed by atoms with E-state index in [2.05, 4.69) is 4.98 Å². The van der Waals surface area contributed by atoms with E-state index in [9.17, 15) is 9.59 Å². The number of pyridine rings is 1. The number of aromatic nitrogens is 1. The lowest BCUT2D eigenvalue weighted by molar-refractivity contribution is -0.164. The summed E-state index contributed by atoms with van der Waals surface area (Å²) in [4.78, 5) is 31.5. The highest BCUT2D eigenvalue weighted by Gasteiger charge is 2.37. The second-order valence-electron chi connectivity index (χ2n) is 3.49. The van der Waals surface area contributed by atoms with Crippen LogP contribution in [0.5, 0.6) is 0 Å². The monoisotopic (exact) mass is 221 g/mol. The summed E-state index contributed by atoms with van der Waals surface area (Å²) in [6.45, 7) is 0.297. The fourth-order valence-corrected chi connectivity index (χ4v) is 1.46. The normalized spacial score (nSPS) is 20.1. The van der Waals surface area contributed by atoms with Crippen LogP contribution in [0.4, 0.5) is 0 Å². The Labute approximate surface area is 92.0 Å². The van der Waals surface area contributed by atoms with Crippen molar-refractivity contribution in [2.75, 3.05) is 6.61 Å². The van der Waals surface area contributed by atoms with Crippen molar-refractivity contribution in [3.63, 3.8) is 0 Å². The van der Waals surface area contributed by atoms with Crippen molar-refractivity contribution >= 4 is 11.8 Å². The number of carbonyl (C=O) groups excluding carboxylic acids is 2. The van der Waals surface area contributed by atoms with E-state index < -0.39 is 17.7 Å². The molecule has 0 spiro atoms. The molecule has 0 unspecified atom stereocenters. The maximum atomic E-state index is 11.6. The van der Waals surface area contributed by atoms with Crippen molar-refractivity contribution in [1.82, 2.24) is 10.0 Å². The molecule has 1 aromatic heterocycles. The predicted molar refractivity (Wildman–Crippen MR) is 53.4 cm³/mol. The third-order valence-corrected chi connectivity index (χ3v) is 2.33. The van der Waals surface area contributed by atoms with Crippen LogP contribution in [0.1, 0.15) is 5.56 Å². The molecule has 6 heteroatoms. The molecule has 2 rings (SSSR count). The van der Waals surface area contributed by atoms with E-state index in [-0.39, 0.29) is 13.2 Å². The quantitative estimate of drug-likeness (QED) is 0.694. The molecule has 0 aromatic carbocycles. The lowest BCUT2D eigenvalue weighted by Gasteiger charge is -2.13. The number of nitrogens with zero attached hydrogens (tertiary/aromatic N) is 2. The largest absolute Gasteiger partial charge is 0.369 e. The predicted octanol–water partition coefficient (Wildman–Crippen LogP) is -0.543. The van der Waals surface area contributed by atoms with Crippen molar-refractivity contribution in [2.45, 2.75) is 6.54 Å². The van der Waals surface area contributed by atoms with Crippen LogP contribution in [-0.4, -0.2) is 28.5 Å². The minimum atomic E-state index is -0.864. The van der Waals surface area contributed by atoms with Crippen LogP contribution in [-0.2, 0) is 21.0 Å². The summed E-state index contributed by atoms with van der Waals surface area (Å²) < 4.78 is 0. The highest BCUT2D eigenvalue weighted by atomic mass is 16.7. The number of hydroxylamine groups is 2. The molecule has 1 aliphatic heterocycles. The van der Waals surface area contributed by atoms with Crippen LogP contribution in [0.15, 0.2) is 24.5 Å². The molecular weight excluding hydrogens is 210 g/mol. The number of primary amides is 1. The number of carbonyl (C=O) groups is 2. The van der Waals surface area contributed by atoms with Gasteiger partial charge in [-0.05, 0) is 11.6 Å². The summed E-state index contributed by atoms with van der Waals surface area (Å²) in [5, 5.41) is 1.15. The average molecular weight is 221 g/mol. The Kier molecular flexibility index (Phi) is 2.82. The molecule has 84 valence electrons. The van der Waals surface area contributed by atoms with Crippen molar-refractivity contribution < 1.29 is 14.4 Å². The molecule has 0 radical (unpaired) electrons. The third kappa shape index (κ3) is 2.01. The van der Waals surface area contributed by atoms with Crippen LogP contribution in [0.3, 0.4) is 0 Å². The molecule has 1 saturated heterocycles. The van der Waals surface area contributed by atoms with Gasteiger partial charge in [-0.25, -0.2) is 5.06 Å². The van der Waals surface area contributed by atoms with E-state index in [1.54, 1.807) is 18.5 Å². The van der Waals surface area contributed by atoms with Crippen LogP contribution < -0.4 is 5.73 Å². The van der Waals surface area contributed by atoms with Crippen molar-refractivity contribution in [3.8, 4) is 0 Å². The van der Waals surface area contributed by atoms with E-state index in [0.29, 0.717) is 0 Å². The summed E-state index contributed by atoms with van der Waals surface area (Å²) >= 11 is 0. The SMILES string of the molecule is NC(=O)[C@H]1CON(Cc2cccnc2)C1=O. The molecule has 6 nitrogen and oxygen atoms in total. The van der Waals surface area contributed by atoms with Crippen molar-refractivity contribution in [3.05, 3.63) is 30.1 Å².